The van der Waals surface area contributed by atoms with Crippen LogP contribution in [0.3, 0.4) is 0 Å². The van der Waals surface area contributed by atoms with E-state index in [1.54, 1.807) is 9.96 Å². The number of hydrogen-bond donors (Lipinski definition) is 0. The van der Waals surface area contributed by atoms with Crippen molar-refractivity contribution in [2.75, 3.05) is 0 Å². The second-order valence-corrected chi connectivity index (χ2v) is 19.7. The van der Waals surface area contributed by atoms with E-state index >= 15 is 0 Å². The van der Waals surface area contributed by atoms with Gasteiger partial charge >= 0.3 is 164 Å². The third-order valence-corrected chi connectivity index (χ3v) is 10.00. The molecule has 0 spiro atoms. The molecule has 2 rings (SSSR count). The van der Waals surface area contributed by atoms with E-state index < -0.39 is 13.3 Å². The molecule has 0 radical (unpaired) electrons. The fraction of sp³-hybridized carbons (Fsp3) is 0.542. The molecule has 0 aliphatic carbocycles. The van der Waals surface area contributed by atoms with Gasteiger partial charge in [0.05, 0.1) is 0 Å². The van der Waals surface area contributed by atoms with Crippen molar-refractivity contribution in [2.24, 2.45) is 7.05 Å². The van der Waals surface area contributed by atoms with Crippen LogP contribution >= 0.6 is 0 Å². The Morgan fingerprint density at radius 1 is 1.00 bits per heavy atom. The average molecular weight is 413 g/mol. The first kappa shape index (κ1) is 21.2. The normalized spacial score (nSPS) is 12.3. The van der Waals surface area contributed by atoms with E-state index in [1.165, 1.54) is 35.2 Å². The Bertz CT molecular complexity index is 765. The first-order valence-corrected chi connectivity index (χ1v) is 17.6. The van der Waals surface area contributed by atoms with Crippen LogP contribution in [0, 0.1) is 6.92 Å². The predicted molar refractivity (Wildman–Crippen MR) is 118 cm³/mol. The molecule has 2 heteroatoms. The SMILES string of the molecule is CCC(CC)c1ccc(C)c(-c2cc(C(C)C)[c]([Ge]([CH3])([CH3])[CH3])c[n+]2C)c1. The molecule has 2 aromatic rings. The van der Waals surface area contributed by atoms with Crippen LogP contribution in [-0.2, 0) is 7.05 Å². The minimum absolute atomic E-state index is 0.567. The van der Waals surface area contributed by atoms with Crippen molar-refractivity contribution in [3.63, 3.8) is 0 Å². The van der Waals surface area contributed by atoms with Crippen molar-refractivity contribution >= 4 is 17.7 Å². The van der Waals surface area contributed by atoms with Crippen molar-refractivity contribution in [1.82, 2.24) is 0 Å². The summed E-state index contributed by atoms with van der Waals surface area (Å²) in [4.78, 5) is 0. The third kappa shape index (κ3) is 4.42. The van der Waals surface area contributed by atoms with Gasteiger partial charge in [0.15, 0.2) is 0 Å². The molecule has 0 aliphatic rings. The Kier molecular flexibility index (Phi) is 6.77. The van der Waals surface area contributed by atoms with Crippen molar-refractivity contribution in [3.8, 4) is 11.3 Å². The zero-order valence-corrected chi connectivity index (χ0v) is 20.5. The number of nitrogens with zero attached hydrogens (tertiary/aromatic N) is 1. The fourth-order valence-electron chi connectivity index (χ4n) is 3.97. The number of pyridine rings is 1. The van der Waals surface area contributed by atoms with Crippen LogP contribution in [0.25, 0.3) is 11.3 Å². The molecule has 1 nitrogen and oxygen atoms in total. The summed E-state index contributed by atoms with van der Waals surface area (Å²) in [6.45, 7) is 11.5. The van der Waals surface area contributed by atoms with Gasteiger partial charge in [0.25, 0.3) is 0 Å². The molecule has 0 bridgehead atoms. The fourth-order valence-corrected chi connectivity index (χ4v) is 7.76. The van der Waals surface area contributed by atoms with Gasteiger partial charge in [-0.05, 0) is 0 Å². The van der Waals surface area contributed by atoms with E-state index in [0.717, 1.165) is 0 Å². The monoisotopic (exact) mass is 414 g/mol. The molecule has 0 N–H and O–H groups in total. The van der Waals surface area contributed by atoms with Crippen molar-refractivity contribution < 1.29 is 4.57 Å². The topological polar surface area (TPSA) is 3.88 Å². The molecule has 0 saturated carbocycles. The van der Waals surface area contributed by atoms with Crippen LogP contribution in [0.15, 0.2) is 30.5 Å². The van der Waals surface area contributed by atoms with Gasteiger partial charge in [-0.25, -0.2) is 0 Å². The summed E-state index contributed by atoms with van der Waals surface area (Å²) < 4.78 is 4.01. The maximum absolute atomic E-state index is 2.50. The molecule has 0 fully saturated rings. The van der Waals surface area contributed by atoms with Crippen LogP contribution in [0.4, 0.5) is 0 Å². The van der Waals surface area contributed by atoms with Gasteiger partial charge in [0, 0.05) is 0 Å². The van der Waals surface area contributed by atoms with Gasteiger partial charge < -0.3 is 0 Å². The van der Waals surface area contributed by atoms with Crippen LogP contribution in [0.5, 0.6) is 0 Å². The van der Waals surface area contributed by atoms with Crippen LogP contribution in [0.2, 0.25) is 17.3 Å². The zero-order valence-electron chi connectivity index (χ0n) is 18.4. The van der Waals surface area contributed by atoms with Gasteiger partial charge in [0.1, 0.15) is 0 Å². The Morgan fingerprint density at radius 2 is 1.62 bits per heavy atom. The van der Waals surface area contributed by atoms with E-state index in [9.17, 15) is 0 Å². The van der Waals surface area contributed by atoms with Crippen LogP contribution in [-0.4, -0.2) is 13.3 Å². The molecule has 0 saturated heterocycles. The summed E-state index contributed by atoms with van der Waals surface area (Å²) in [5.74, 6) is 8.73. The molecule has 0 aliphatic heterocycles. The average Bonchev–Trinajstić information content (AvgIpc) is 2.56. The summed E-state index contributed by atoms with van der Waals surface area (Å²) in [7, 11) is 2.22. The Labute approximate surface area is 164 Å². The van der Waals surface area contributed by atoms with Crippen molar-refractivity contribution in [3.05, 3.63) is 47.2 Å². The summed E-state index contributed by atoms with van der Waals surface area (Å²) >= 11 is -1.90. The molecule has 26 heavy (non-hydrogen) atoms. The molecule has 0 amide bonds. The molecular formula is C24H38GeN+. The number of aryl methyl sites for hydroxylation is 2. The molecule has 142 valence electrons. The number of aromatic nitrogens is 1. The second kappa shape index (κ2) is 8.29. The maximum atomic E-state index is 2.50. The van der Waals surface area contributed by atoms with Gasteiger partial charge in [0.2, 0.25) is 0 Å². The summed E-state index contributed by atoms with van der Waals surface area (Å²) in [5, 5.41) is 0. The first-order chi connectivity index (χ1) is 12.1. The Balaban J connectivity index is 2.69. The molecular weight excluding hydrogens is 375 g/mol. The second-order valence-electron chi connectivity index (χ2n) is 9.13. The molecule has 0 unspecified atom stereocenters. The molecule has 1 aromatic carbocycles. The Hall–Kier alpha value is -1.09. The van der Waals surface area contributed by atoms with E-state index in [-0.39, 0.29) is 0 Å². The number of benzene rings is 1. The van der Waals surface area contributed by atoms with Crippen molar-refractivity contribution in [1.29, 1.82) is 0 Å². The quantitative estimate of drug-likeness (QED) is 0.401. The number of rotatable bonds is 6. The van der Waals surface area contributed by atoms with E-state index in [2.05, 4.69) is 94.0 Å². The van der Waals surface area contributed by atoms with Crippen molar-refractivity contribution in [2.45, 2.75) is 76.6 Å². The van der Waals surface area contributed by atoms with E-state index in [1.807, 2.05) is 0 Å². The minimum atomic E-state index is -1.90. The van der Waals surface area contributed by atoms with Crippen LogP contribution in [0.1, 0.15) is 69.1 Å². The Morgan fingerprint density at radius 3 is 2.12 bits per heavy atom. The molecule has 0 atom stereocenters. The standard InChI is InChI=1S/C24H38GeN/c1-10-19(11-2)20-13-12-18(5)22(14-20)24-15-21(17(3)4)23(16-26(24)9)25(6,7)8/h12-17,19H,10-11H2,1-9H3/q+1. The van der Waals surface area contributed by atoms with Gasteiger partial charge in [-0.3, -0.25) is 0 Å². The third-order valence-electron chi connectivity index (χ3n) is 5.73. The first-order valence-electron chi connectivity index (χ1n) is 10.2. The molecule has 1 aromatic heterocycles. The zero-order chi connectivity index (χ0) is 19.6. The summed E-state index contributed by atoms with van der Waals surface area (Å²) in [6.07, 6.45) is 4.85. The number of hydrogen-bond acceptors (Lipinski definition) is 0. The summed E-state index contributed by atoms with van der Waals surface area (Å²) in [5.41, 5.74) is 7.16. The van der Waals surface area contributed by atoms with Gasteiger partial charge in [-0.15, -0.1) is 0 Å². The predicted octanol–water partition coefficient (Wildman–Crippen LogP) is 6.06. The van der Waals surface area contributed by atoms with Gasteiger partial charge in [-0.1, -0.05) is 0 Å². The van der Waals surface area contributed by atoms with Gasteiger partial charge in [-0.2, -0.15) is 0 Å². The van der Waals surface area contributed by atoms with Crippen LogP contribution < -0.4 is 8.96 Å². The summed E-state index contributed by atoms with van der Waals surface area (Å²) in [6, 6.07) is 9.58. The van der Waals surface area contributed by atoms with E-state index in [0.29, 0.717) is 11.8 Å². The molecule has 1 heterocycles. The van der Waals surface area contributed by atoms with E-state index in [4.69, 9.17) is 0 Å².